The van der Waals surface area contributed by atoms with Crippen LogP contribution in [0.5, 0.6) is 0 Å². The lowest BCUT2D eigenvalue weighted by Crippen LogP contribution is -1.87. The van der Waals surface area contributed by atoms with Crippen molar-refractivity contribution >= 4 is 11.8 Å². The fraction of sp³-hybridized carbons (Fsp3) is 0.667. The zero-order chi connectivity index (χ0) is 6.41. The van der Waals surface area contributed by atoms with Gasteiger partial charge in [-0.3, -0.25) is 0 Å². The highest BCUT2D eigenvalue weighted by Gasteiger charge is 1.84. The molecule has 2 heteroatoms. The topological polar surface area (TPSA) is 20.2 Å². The van der Waals surface area contributed by atoms with E-state index in [0.29, 0.717) is 0 Å². The van der Waals surface area contributed by atoms with Gasteiger partial charge in [0.1, 0.15) is 0 Å². The molecule has 0 radical (unpaired) electrons. The zero-order valence-electron chi connectivity index (χ0n) is 5.18. The van der Waals surface area contributed by atoms with E-state index in [-0.39, 0.29) is 6.61 Å². The van der Waals surface area contributed by atoms with Crippen LogP contribution in [0, 0.1) is 0 Å². The van der Waals surface area contributed by atoms with Gasteiger partial charge in [0.05, 0.1) is 6.61 Å². The number of rotatable bonds is 4. The molecule has 0 heterocycles. The largest absolute Gasteiger partial charge is 0.396 e. The molecule has 0 aromatic rings. The van der Waals surface area contributed by atoms with E-state index in [1.54, 1.807) is 11.8 Å². The summed E-state index contributed by atoms with van der Waals surface area (Å²) in [4.78, 5) is 0. The molecule has 1 N–H and O–H groups in total. The lowest BCUT2D eigenvalue weighted by molar-refractivity contribution is 0.322. The predicted octanol–water partition coefficient (Wildman–Crippen LogP) is 1.29. The van der Waals surface area contributed by atoms with Crippen LogP contribution in [-0.2, 0) is 0 Å². The van der Waals surface area contributed by atoms with Gasteiger partial charge in [-0.1, -0.05) is 12.2 Å². The molecule has 0 aliphatic rings. The maximum absolute atomic E-state index is 8.33. The second kappa shape index (κ2) is 5.19. The Hall–Kier alpha value is 0.0500. The van der Waals surface area contributed by atoms with E-state index in [1.807, 2.05) is 6.92 Å². The molecular weight excluding hydrogens is 120 g/mol. The first-order valence-corrected chi connectivity index (χ1v) is 3.76. The summed E-state index contributed by atoms with van der Waals surface area (Å²) >= 11 is 1.71. The minimum Gasteiger partial charge on any atom is -0.396 e. The monoisotopic (exact) mass is 132 g/mol. The minimum atomic E-state index is 0.276. The maximum atomic E-state index is 8.33. The van der Waals surface area contributed by atoms with Crippen LogP contribution < -0.4 is 0 Å². The van der Waals surface area contributed by atoms with Gasteiger partial charge in [0, 0.05) is 11.5 Å². The SMILES string of the molecule is C=C(C)CSCCO. The van der Waals surface area contributed by atoms with Gasteiger partial charge in [0.2, 0.25) is 0 Å². The molecule has 0 rings (SSSR count). The van der Waals surface area contributed by atoms with Gasteiger partial charge in [-0.15, -0.1) is 0 Å². The van der Waals surface area contributed by atoms with E-state index in [0.717, 1.165) is 11.5 Å². The standard InChI is InChI=1S/C6H12OS/c1-6(2)5-8-4-3-7/h7H,1,3-5H2,2H3. The molecule has 0 aliphatic carbocycles. The van der Waals surface area contributed by atoms with Crippen molar-refractivity contribution in [3.63, 3.8) is 0 Å². The summed E-state index contributed by atoms with van der Waals surface area (Å²) < 4.78 is 0. The summed E-state index contributed by atoms with van der Waals surface area (Å²) in [6.45, 7) is 5.99. The first-order valence-electron chi connectivity index (χ1n) is 2.60. The van der Waals surface area contributed by atoms with Crippen LogP contribution in [0.25, 0.3) is 0 Å². The molecule has 0 atom stereocenters. The van der Waals surface area contributed by atoms with E-state index in [1.165, 1.54) is 5.57 Å². The molecule has 0 aromatic heterocycles. The number of hydrogen-bond acceptors (Lipinski definition) is 2. The van der Waals surface area contributed by atoms with Crippen LogP contribution in [-0.4, -0.2) is 23.2 Å². The number of hydrogen-bond donors (Lipinski definition) is 1. The number of aliphatic hydroxyl groups is 1. The number of aliphatic hydroxyl groups excluding tert-OH is 1. The number of thioether (sulfide) groups is 1. The van der Waals surface area contributed by atoms with Crippen molar-refractivity contribution in [1.82, 2.24) is 0 Å². The molecule has 0 saturated heterocycles. The molecule has 0 aromatic carbocycles. The van der Waals surface area contributed by atoms with E-state index in [4.69, 9.17) is 5.11 Å². The highest BCUT2D eigenvalue weighted by atomic mass is 32.2. The van der Waals surface area contributed by atoms with E-state index >= 15 is 0 Å². The van der Waals surface area contributed by atoms with Gasteiger partial charge >= 0.3 is 0 Å². The summed E-state index contributed by atoms with van der Waals surface area (Å²) in [5.41, 5.74) is 1.17. The average molecular weight is 132 g/mol. The van der Waals surface area contributed by atoms with Gasteiger partial charge in [0.15, 0.2) is 0 Å². The Kier molecular flexibility index (Phi) is 5.22. The first kappa shape index (κ1) is 8.05. The van der Waals surface area contributed by atoms with Crippen molar-refractivity contribution in [3.8, 4) is 0 Å². The van der Waals surface area contributed by atoms with E-state index in [9.17, 15) is 0 Å². The zero-order valence-corrected chi connectivity index (χ0v) is 6.00. The highest BCUT2D eigenvalue weighted by molar-refractivity contribution is 7.99. The summed E-state index contributed by atoms with van der Waals surface area (Å²) in [5.74, 6) is 1.80. The molecule has 0 fully saturated rings. The van der Waals surface area contributed by atoms with Crippen molar-refractivity contribution in [2.24, 2.45) is 0 Å². The lowest BCUT2D eigenvalue weighted by Gasteiger charge is -1.94. The molecule has 0 amide bonds. The summed E-state index contributed by atoms with van der Waals surface area (Å²) in [6, 6.07) is 0. The quantitative estimate of drug-likeness (QED) is 0.459. The van der Waals surface area contributed by atoms with Crippen LogP contribution >= 0.6 is 11.8 Å². The van der Waals surface area contributed by atoms with Gasteiger partial charge in [-0.2, -0.15) is 11.8 Å². The Morgan fingerprint density at radius 1 is 1.75 bits per heavy atom. The fourth-order valence-electron chi connectivity index (χ4n) is 0.311. The second-order valence-corrected chi connectivity index (χ2v) is 2.84. The molecule has 48 valence electrons. The molecule has 0 saturated carbocycles. The van der Waals surface area contributed by atoms with Crippen molar-refractivity contribution in [3.05, 3.63) is 12.2 Å². The minimum absolute atomic E-state index is 0.276. The summed E-state index contributed by atoms with van der Waals surface area (Å²) in [6.07, 6.45) is 0. The molecule has 1 nitrogen and oxygen atoms in total. The smallest absolute Gasteiger partial charge is 0.0521 e. The lowest BCUT2D eigenvalue weighted by atomic mass is 10.4. The average Bonchev–Trinajstić information content (AvgIpc) is 1.66. The van der Waals surface area contributed by atoms with Gasteiger partial charge in [-0.25, -0.2) is 0 Å². The molecule has 0 unspecified atom stereocenters. The van der Waals surface area contributed by atoms with E-state index in [2.05, 4.69) is 6.58 Å². The summed E-state index contributed by atoms with van der Waals surface area (Å²) in [7, 11) is 0. The third-order valence-electron chi connectivity index (χ3n) is 0.584. The van der Waals surface area contributed by atoms with Crippen molar-refractivity contribution < 1.29 is 5.11 Å². The molecule has 0 aliphatic heterocycles. The Labute approximate surface area is 54.8 Å². The second-order valence-electron chi connectivity index (χ2n) is 1.73. The Bertz CT molecular complexity index is 70.9. The highest BCUT2D eigenvalue weighted by Crippen LogP contribution is 2.03. The molecule has 8 heavy (non-hydrogen) atoms. The first-order chi connectivity index (χ1) is 3.77. The Morgan fingerprint density at radius 3 is 2.75 bits per heavy atom. The van der Waals surface area contributed by atoms with Crippen LogP contribution in [0.4, 0.5) is 0 Å². The van der Waals surface area contributed by atoms with E-state index < -0.39 is 0 Å². The van der Waals surface area contributed by atoms with Gasteiger partial charge in [0.25, 0.3) is 0 Å². The van der Waals surface area contributed by atoms with Crippen LogP contribution in [0.15, 0.2) is 12.2 Å². The molecule has 0 bridgehead atoms. The van der Waals surface area contributed by atoms with Gasteiger partial charge < -0.3 is 5.11 Å². The fourth-order valence-corrected chi connectivity index (χ4v) is 0.933. The Balaban J connectivity index is 2.82. The molecule has 0 spiro atoms. The van der Waals surface area contributed by atoms with Crippen molar-refractivity contribution in [2.75, 3.05) is 18.1 Å². The Morgan fingerprint density at radius 2 is 2.38 bits per heavy atom. The third kappa shape index (κ3) is 6.05. The van der Waals surface area contributed by atoms with Gasteiger partial charge in [-0.05, 0) is 6.92 Å². The summed E-state index contributed by atoms with van der Waals surface area (Å²) in [5, 5.41) is 8.33. The van der Waals surface area contributed by atoms with Crippen molar-refractivity contribution in [1.29, 1.82) is 0 Å². The van der Waals surface area contributed by atoms with Crippen LogP contribution in [0.2, 0.25) is 0 Å². The van der Waals surface area contributed by atoms with Crippen LogP contribution in [0.1, 0.15) is 6.92 Å². The predicted molar refractivity (Wildman–Crippen MR) is 39.2 cm³/mol. The third-order valence-corrected chi connectivity index (χ3v) is 1.75. The van der Waals surface area contributed by atoms with Crippen LogP contribution in [0.3, 0.4) is 0 Å². The normalized spacial score (nSPS) is 9.25. The maximum Gasteiger partial charge on any atom is 0.0521 e. The molecular formula is C6H12OS. The van der Waals surface area contributed by atoms with Crippen molar-refractivity contribution in [2.45, 2.75) is 6.92 Å².